The lowest BCUT2D eigenvalue weighted by molar-refractivity contribution is 0.0985. The molecule has 0 bridgehead atoms. The first-order valence-corrected chi connectivity index (χ1v) is 9.95. The van der Waals surface area contributed by atoms with Crippen LogP contribution in [0, 0.1) is 0 Å². The molecule has 0 fully saturated rings. The number of carbonyl (C=O) groups excluding carboxylic acids is 2. The van der Waals surface area contributed by atoms with Crippen molar-refractivity contribution in [2.24, 2.45) is 4.99 Å². The highest BCUT2D eigenvalue weighted by Crippen LogP contribution is 2.46. The Labute approximate surface area is 170 Å². The van der Waals surface area contributed by atoms with Crippen LogP contribution in [0.25, 0.3) is 59.9 Å². The third kappa shape index (κ3) is 1.66. The summed E-state index contributed by atoms with van der Waals surface area (Å²) in [5, 5.41) is 11.9. The first kappa shape index (κ1) is 15.8. The van der Waals surface area contributed by atoms with Crippen molar-refractivity contribution in [1.29, 1.82) is 0 Å². The van der Waals surface area contributed by atoms with Crippen molar-refractivity contribution in [3.8, 4) is 0 Å². The maximum absolute atomic E-state index is 13.6. The zero-order valence-corrected chi connectivity index (χ0v) is 15.8. The molecular weight excluding hydrogens is 370 g/mol. The monoisotopic (exact) mass is 383 g/mol. The maximum atomic E-state index is 13.6. The second kappa shape index (κ2) is 5.29. The highest BCUT2D eigenvalue weighted by molar-refractivity contribution is 6.44. The number of hydrogen-bond acceptors (Lipinski definition) is 3. The molecule has 0 aromatic heterocycles. The van der Waals surface area contributed by atoms with Crippen molar-refractivity contribution < 1.29 is 9.59 Å². The Kier molecular flexibility index (Phi) is 2.79. The number of rotatable bonds is 1. The van der Waals surface area contributed by atoms with Gasteiger partial charge in [0, 0.05) is 16.3 Å². The lowest BCUT2D eigenvalue weighted by Crippen LogP contribution is -2.25. The van der Waals surface area contributed by atoms with Crippen molar-refractivity contribution in [2.75, 3.05) is 0 Å². The Morgan fingerprint density at radius 1 is 0.633 bits per heavy atom. The highest BCUT2D eigenvalue weighted by Gasteiger charge is 2.31. The molecule has 138 valence electrons. The summed E-state index contributed by atoms with van der Waals surface area (Å²) >= 11 is 0. The zero-order valence-electron chi connectivity index (χ0n) is 15.8. The van der Waals surface area contributed by atoms with E-state index in [1.807, 2.05) is 30.3 Å². The fourth-order valence-electron chi connectivity index (χ4n) is 5.54. The van der Waals surface area contributed by atoms with E-state index in [-0.39, 0.29) is 5.78 Å². The molecule has 0 spiro atoms. The summed E-state index contributed by atoms with van der Waals surface area (Å²) in [6.45, 7) is 0. The quantitative estimate of drug-likeness (QED) is 0.286. The van der Waals surface area contributed by atoms with Gasteiger partial charge < -0.3 is 0 Å². The van der Waals surface area contributed by atoms with E-state index in [0.29, 0.717) is 5.56 Å². The second-order valence-corrected chi connectivity index (χ2v) is 7.93. The van der Waals surface area contributed by atoms with Crippen molar-refractivity contribution in [1.82, 2.24) is 0 Å². The lowest BCUT2D eigenvalue weighted by Gasteiger charge is -2.15. The van der Waals surface area contributed by atoms with Crippen LogP contribution in [0.4, 0.5) is 0 Å². The van der Waals surface area contributed by atoms with E-state index >= 15 is 0 Å². The normalized spacial score (nSPS) is 16.0. The number of ketones is 1. The fraction of sp³-hybridized carbons (Fsp3) is 0.0370. The number of Topliss-reactive ketones (excluding diaryl/α,β-unsaturated/α-hetero) is 1. The van der Waals surface area contributed by atoms with E-state index < -0.39 is 6.04 Å². The van der Waals surface area contributed by atoms with E-state index in [4.69, 9.17) is 0 Å². The number of isocyanates is 1. The number of nitrogens with zero attached hydrogens (tertiary/aromatic N) is 1. The van der Waals surface area contributed by atoms with Gasteiger partial charge in [-0.05, 0) is 54.4 Å². The van der Waals surface area contributed by atoms with Crippen LogP contribution in [0.5, 0.6) is 0 Å². The van der Waals surface area contributed by atoms with Gasteiger partial charge in [-0.25, -0.2) is 4.79 Å². The average Bonchev–Trinajstić information content (AvgIpc) is 3.29. The number of fused-ring (bicyclic) bond motifs is 8. The van der Waals surface area contributed by atoms with E-state index in [0.717, 1.165) is 53.7 Å². The maximum Gasteiger partial charge on any atom is 0.236 e. The number of benzene rings is 4. The standard InChI is InChI=1S/C27H13NO2/c29-13-28-21-12-20-15-7-2-3-8-16(15)23-19-11-5-10-17-14-6-1-4-9-18(14)24(22(17)19)26(25(20)23)27(21)30/h1-12,21H. The van der Waals surface area contributed by atoms with E-state index in [9.17, 15) is 9.59 Å². The minimum atomic E-state index is -0.836. The summed E-state index contributed by atoms with van der Waals surface area (Å²) in [5.74, 6) is -0.130. The molecule has 0 N–H and O–H groups in total. The summed E-state index contributed by atoms with van der Waals surface area (Å²) in [6, 6.07) is 22.0. The van der Waals surface area contributed by atoms with Crippen LogP contribution in [0.2, 0.25) is 0 Å². The lowest BCUT2D eigenvalue weighted by atomic mass is 9.87. The van der Waals surface area contributed by atoms with Crippen LogP contribution >= 0.6 is 0 Å². The molecular formula is C27H13NO2. The van der Waals surface area contributed by atoms with E-state index in [1.165, 1.54) is 5.39 Å². The minimum Gasteiger partial charge on any atom is -0.291 e. The molecule has 0 heterocycles. The van der Waals surface area contributed by atoms with Gasteiger partial charge in [0.15, 0.2) is 5.78 Å². The predicted molar refractivity (Wildman–Crippen MR) is 121 cm³/mol. The van der Waals surface area contributed by atoms with Gasteiger partial charge in [0.2, 0.25) is 6.08 Å². The van der Waals surface area contributed by atoms with Crippen LogP contribution < -0.4 is 5.22 Å². The van der Waals surface area contributed by atoms with Gasteiger partial charge in [0.25, 0.3) is 0 Å². The number of carbonyl (C=O) groups is 1. The Bertz CT molecular complexity index is 1820. The second-order valence-electron chi connectivity index (χ2n) is 7.93. The van der Waals surface area contributed by atoms with Crippen molar-refractivity contribution in [3.05, 3.63) is 77.5 Å². The molecule has 1 aliphatic rings. The summed E-state index contributed by atoms with van der Waals surface area (Å²) in [7, 11) is 0. The molecule has 0 aliphatic heterocycles. The van der Waals surface area contributed by atoms with Crippen molar-refractivity contribution in [3.63, 3.8) is 0 Å². The molecule has 0 saturated carbocycles. The van der Waals surface area contributed by atoms with Gasteiger partial charge in [-0.15, -0.1) is 0 Å². The Morgan fingerprint density at radius 2 is 1.20 bits per heavy atom. The SMILES string of the molecule is O=C=NC1C=c2c3ccccc3c3c2c(c2c4ccccc4c4cccc3c42)C1=O. The van der Waals surface area contributed by atoms with Crippen molar-refractivity contribution in [2.45, 2.75) is 6.04 Å². The van der Waals surface area contributed by atoms with Crippen LogP contribution in [-0.2, 0) is 4.79 Å². The predicted octanol–water partition coefficient (Wildman–Crippen LogP) is 5.29. The zero-order chi connectivity index (χ0) is 20.0. The Hall–Kier alpha value is -4.07. The molecule has 1 atom stereocenters. The highest BCUT2D eigenvalue weighted by atomic mass is 16.1. The molecule has 30 heavy (non-hydrogen) atoms. The van der Waals surface area contributed by atoms with Gasteiger partial charge in [-0.3, -0.25) is 4.79 Å². The van der Waals surface area contributed by atoms with Crippen LogP contribution in [0.1, 0.15) is 10.4 Å². The number of hydrogen-bond donors (Lipinski definition) is 0. The van der Waals surface area contributed by atoms with Gasteiger partial charge in [-0.1, -0.05) is 66.7 Å². The molecule has 6 aromatic carbocycles. The average molecular weight is 383 g/mol. The van der Waals surface area contributed by atoms with Gasteiger partial charge >= 0.3 is 0 Å². The van der Waals surface area contributed by atoms with Gasteiger partial charge in [-0.2, -0.15) is 4.99 Å². The summed E-state index contributed by atoms with van der Waals surface area (Å²) in [5.41, 5.74) is 0.688. The fourth-order valence-corrected chi connectivity index (χ4v) is 5.54. The topological polar surface area (TPSA) is 46.5 Å². The first-order chi connectivity index (χ1) is 14.8. The summed E-state index contributed by atoms with van der Waals surface area (Å²) < 4.78 is 0. The Balaban J connectivity index is 1.94. The minimum absolute atomic E-state index is 0.130. The van der Waals surface area contributed by atoms with E-state index in [1.54, 1.807) is 6.08 Å². The third-order valence-corrected chi connectivity index (χ3v) is 6.61. The van der Waals surface area contributed by atoms with Crippen molar-refractivity contribution >= 4 is 71.8 Å². The van der Waals surface area contributed by atoms with Crippen LogP contribution in [0.3, 0.4) is 0 Å². The molecule has 1 unspecified atom stereocenters. The summed E-state index contributed by atoms with van der Waals surface area (Å²) in [6.07, 6.45) is 3.43. The smallest absolute Gasteiger partial charge is 0.236 e. The molecule has 3 nitrogen and oxygen atoms in total. The molecule has 0 amide bonds. The van der Waals surface area contributed by atoms with Gasteiger partial charge in [0.1, 0.15) is 6.04 Å². The van der Waals surface area contributed by atoms with Crippen LogP contribution in [0.15, 0.2) is 71.7 Å². The summed E-state index contributed by atoms with van der Waals surface area (Å²) in [4.78, 5) is 28.6. The Morgan fingerprint density at radius 3 is 1.97 bits per heavy atom. The third-order valence-electron chi connectivity index (χ3n) is 6.61. The largest absolute Gasteiger partial charge is 0.291 e. The van der Waals surface area contributed by atoms with Crippen LogP contribution in [-0.4, -0.2) is 17.9 Å². The molecule has 3 heteroatoms. The molecule has 1 aliphatic carbocycles. The molecule has 6 aromatic rings. The van der Waals surface area contributed by atoms with Gasteiger partial charge in [0.05, 0.1) is 0 Å². The first-order valence-electron chi connectivity index (χ1n) is 9.95. The molecule has 0 saturated heterocycles. The number of aliphatic imine (C=N–C) groups is 1. The molecule has 0 radical (unpaired) electrons. The molecule has 7 rings (SSSR count). The van der Waals surface area contributed by atoms with E-state index in [2.05, 4.69) is 47.5 Å².